The van der Waals surface area contributed by atoms with Crippen LogP contribution in [0.25, 0.3) is 0 Å². The van der Waals surface area contributed by atoms with E-state index in [2.05, 4.69) is 0 Å². The maximum Gasteiger partial charge on any atom is 0.411 e. The van der Waals surface area contributed by atoms with E-state index >= 15 is 0 Å². The smallest absolute Gasteiger partial charge is 0.411 e. The first-order valence-electron chi connectivity index (χ1n) is 6.93. The molecule has 6 heteroatoms. The Morgan fingerprint density at radius 2 is 1.95 bits per heavy atom. The monoisotopic (exact) mass is 287 g/mol. The van der Waals surface area contributed by atoms with E-state index in [-0.39, 0.29) is 13.2 Å². The van der Waals surface area contributed by atoms with Crippen LogP contribution in [0.1, 0.15) is 40.5 Å². The zero-order valence-corrected chi connectivity index (χ0v) is 13.0. The Bertz CT molecular complexity index is 363. The van der Waals surface area contributed by atoms with Crippen molar-refractivity contribution in [3.05, 3.63) is 0 Å². The van der Waals surface area contributed by atoms with Crippen molar-refractivity contribution >= 4 is 12.1 Å². The van der Waals surface area contributed by atoms with Gasteiger partial charge in [0.2, 0.25) is 0 Å². The van der Waals surface area contributed by atoms with E-state index in [9.17, 15) is 9.59 Å². The zero-order valence-electron chi connectivity index (χ0n) is 13.0. The molecule has 6 nitrogen and oxygen atoms in total. The summed E-state index contributed by atoms with van der Waals surface area (Å²) in [5, 5.41) is 0. The Labute approximate surface area is 120 Å². The number of hydrogen-bond acceptors (Lipinski definition) is 5. The Hall–Kier alpha value is -1.30. The molecule has 0 bridgehead atoms. The molecule has 1 amide bonds. The molecule has 1 rings (SSSR count). The van der Waals surface area contributed by atoms with Crippen LogP contribution in [0.3, 0.4) is 0 Å². The first-order valence-corrected chi connectivity index (χ1v) is 6.93. The summed E-state index contributed by atoms with van der Waals surface area (Å²) >= 11 is 0. The van der Waals surface area contributed by atoms with Gasteiger partial charge in [-0.05, 0) is 40.5 Å². The van der Waals surface area contributed by atoms with Crippen LogP contribution in [0.4, 0.5) is 4.79 Å². The van der Waals surface area contributed by atoms with Crippen molar-refractivity contribution in [2.24, 2.45) is 0 Å². The quantitative estimate of drug-likeness (QED) is 0.740. The van der Waals surface area contributed by atoms with E-state index in [1.165, 1.54) is 12.0 Å². The fraction of sp³-hybridized carbons (Fsp3) is 0.857. The number of nitrogens with zero attached hydrogens (tertiary/aromatic N) is 1. The third-order valence-electron chi connectivity index (χ3n) is 3.14. The van der Waals surface area contributed by atoms with Crippen LogP contribution < -0.4 is 0 Å². The molecule has 0 saturated carbocycles. The van der Waals surface area contributed by atoms with Crippen molar-refractivity contribution in [1.82, 2.24) is 4.90 Å². The van der Waals surface area contributed by atoms with Gasteiger partial charge in [-0.15, -0.1) is 0 Å². The molecule has 0 aromatic rings. The van der Waals surface area contributed by atoms with Crippen molar-refractivity contribution in [2.45, 2.75) is 51.7 Å². The lowest BCUT2D eigenvalue weighted by molar-refractivity contribution is -0.159. The van der Waals surface area contributed by atoms with Gasteiger partial charge in [-0.3, -0.25) is 4.90 Å². The van der Waals surface area contributed by atoms with E-state index in [1.54, 1.807) is 27.7 Å². The van der Waals surface area contributed by atoms with E-state index in [4.69, 9.17) is 14.2 Å². The number of carbonyl (C=O) groups excluding carboxylic acids is 2. The molecule has 0 aromatic heterocycles. The lowest BCUT2D eigenvalue weighted by atomic mass is 9.97. The highest BCUT2D eigenvalue weighted by atomic mass is 16.6. The van der Waals surface area contributed by atoms with Gasteiger partial charge in [-0.1, -0.05) is 0 Å². The number of hydrogen-bond donors (Lipinski definition) is 0. The summed E-state index contributed by atoms with van der Waals surface area (Å²) in [5.41, 5.74) is -1.67. The van der Waals surface area contributed by atoms with Crippen molar-refractivity contribution in [3.8, 4) is 0 Å². The molecule has 1 heterocycles. The van der Waals surface area contributed by atoms with E-state index in [0.717, 1.165) is 6.42 Å². The lowest BCUT2D eigenvalue weighted by Gasteiger charge is -2.36. The molecule has 116 valence electrons. The highest BCUT2D eigenvalue weighted by Gasteiger charge is 2.52. The van der Waals surface area contributed by atoms with Crippen molar-refractivity contribution in [3.63, 3.8) is 0 Å². The molecule has 1 fully saturated rings. The van der Waals surface area contributed by atoms with Crippen LogP contribution in [-0.4, -0.2) is 55.0 Å². The number of amides is 1. The Morgan fingerprint density at radius 1 is 1.30 bits per heavy atom. The molecule has 1 aliphatic heterocycles. The molecule has 0 unspecified atom stereocenters. The second kappa shape index (κ2) is 6.43. The summed E-state index contributed by atoms with van der Waals surface area (Å²) in [7, 11) is 1.51. The van der Waals surface area contributed by atoms with Gasteiger partial charge in [0.1, 0.15) is 5.60 Å². The normalized spacial score (nSPS) is 22.8. The Kier molecular flexibility index (Phi) is 5.39. The molecule has 0 spiro atoms. The second-order valence-electron chi connectivity index (χ2n) is 5.92. The lowest BCUT2D eigenvalue weighted by Crippen LogP contribution is -2.57. The fourth-order valence-corrected chi connectivity index (χ4v) is 2.39. The van der Waals surface area contributed by atoms with Crippen LogP contribution >= 0.6 is 0 Å². The maximum absolute atomic E-state index is 12.3. The van der Waals surface area contributed by atoms with E-state index in [1.807, 2.05) is 0 Å². The molecular formula is C14H25NO5. The Balaban J connectivity index is 2.97. The highest BCUT2D eigenvalue weighted by Crippen LogP contribution is 2.32. The molecule has 0 N–H and O–H groups in total. The van der Waals surface area contributed by atoms with Gasteiger partial charge in [0.25, 0.3) is 0 Å². The largest absolute Gasteiger partial charge is 0.464 e. The van der Waals surface area contributed by atoms with Gasteiger partial charge in [0, 0.05) is 13.7 Å². The number of rotatable bonds is 4. The summed E-state index contributed by atoms with van der Waals surface area (Å²) in [6, 6.07) is 0. The summed E-state index contributed by atoms with van der Waals surface area (Å²) < 4.78 is 15.7. The first kappa shape index (κ1) is 16.8. The van der Waals surface area contributed by atoms with Gasteiger partial charge in [-0.2, -0.15) is 0 Å². The predicted molar refractivity (Wildman–Crippen MR) is 73.4 cm³/mol. The van der Waals surface area contributed by atoms with Gasteiger partial charge < -0.3 is 14.2 Å². The molecule has 0 aliphatic carbocycles. The maximum atomic E-state index is 12.3. The van der Waals surface area contributed by atoms with Gasteiger partial charge in [0.15, 0.2) is 5.54 Å². The van der Waals surface area contributed by atoms with E-state index < -0.39 is 23.2 Å². The molecule has 1 saturated heterocycles. The topological polar surface area (TPSA) is 65.1 Å². The molecule has 0 radical (unpaired) electrons. The number of likely N-dealkylation sites (tertiary alicyclic amines) is 1. The number of ether oxygens (including phenoxy) is 3. The molecule has 1 atom stereocenters. The van der Waals surface area contributed by atoms with Crippen molar-refractivity contribution in [1.29, 1.82) is 0 Å². The van der Waals surface area contributed by atoms with Crippen LogP contribution in [0.2, 0.25) is 0 Å². The number of methoxy groups -OCH3 is 1. The summed E-state index contributed by atoms with van der Waals surface area (Å²) in [6.45, 7) is 7.98. The SMILES string of the molecule is CCOC(=O)[C@]1(COC)CCCN1C(=O)OC(C)(C)C. The summed E-state index contributed by atoms with van der Waals surface area (Å²) in [5.74, 6) is -0.426. The predicted octanol–water partition coefficient (Wildman–Crippen LogP) is 1.97. The molecule has 20 heavy (non-hydrogen) atoms. The number of carbonyl (C=O) groups is 2. The van der Waals surface area contributed by atoms with Gasteiger partial charge in [-0.25, -0.2) is 9.59 Å². The van der Waals surface area contributed by atoms with Crippen molar-refractivity contribution < 1.29 is 23.8 Å². The van der Waals surface area contributed by atoms with Crippen LogP contribution in [0, 0.1) is 0 Å². The first-order chi connectivity index (χ1) is 9.27. The zero-order chi connectivity index (χ0) is 15.4. The van der Waals surface area contributed by atoms with Crippen LogP contribution in [-0.2, 0) is 19.0 Å². The molecular weight excluding hydrogens is 262 g/mol. The minimum atomic E-state index is -1.06. The fourth-order valence-electron chi connectivity index (χ4n) is 2.39. The van der Waals surface area contributed by atoms with Gasteiger partial charge >= 0.3 is 12.1 Å². The minimum Gasteiger partial charge on any atom is -0.464 e. The molecule has 1 aliphatic rings. The second-order valence-corrected chi connectivity index (χ2v) is 5.92. The average molecular weight is 287 g/mol. The van der Waals surface area contributed by atoms with E-state index in [0.29, 0.717) is 13.0 Å². The third-order valence-corrected chi connectivity index (χ3v) is 3.14. The Morgan fingerprint density at radius 3 is 2.45 bits per heavy atom. The van der Waals surface area contributed by atoms with Crippen LogP contribution in [0.5, 0.6) is 0 Å². The van der Waals surface area contributed by atoms with Crippen LogP contribution in [0.15, 0.2) is 0 Å². The standard InChI is InChI=1S/C14H25NO5/c1-6-19-11(16)14(10-18-5)8-7-9-15(14)12(17)20-13(2,3)4/h6-10H2,1-5H3/t14-/m1/s1. The van der Waals surface area contributed by atoms with Gasteiger partial charge in [0.05, 0.1) is 13.2 Å². The minimum absolute atomic E-state index is 0.116. The summed E-state index contributed by atoms with van der Waals surface area (Å²) in [4.78, 5) is 26.0. The number of esters is 1. The van der Waals surface area contributed by atoms with Crippen molar-refractivity contribution in [2.75, 3.05) is 26.9 Å². The summed E-state index contributed by atoms with van der Waals surface area (Å²) in [6.07, 6.45) is 0.750. The highest BCUT2D eigenvalue weighted by molar-refractivity contribution is 5.86. The molecule has 0 aromatic carbocycles. The third kappa shape index (κ3) is 3.62. The average Bonchev–Trinajstić information content (AvgIpc) is 2.72.